The molecule has 1 amide bonds. The van der Waals surface area contributed by atoms with Gasteiger partial charge in [-0.2, -0.15) is 0 Å². The second-order valence-corrected chi connectivity index (χ2v) is 7.64. The Balaban J connectivity index is 1.77. The summed E-state index contributed by atoms with van der Waals surface area (Å²) in [4.78, 5) is 12.7. The normalized spacial score (nSPS) is 23.6. The van der Waals surface area contributed by atoms with Crippen LogP contribution in [0.1, 0.15) is 18.0 Å². The molecule has 1 heterocycles. The third-order valence-corrected chi connectivity index (χ3v) is 5.74. The first-order valence-corrected chi connectivity index (χ1v) is 9.29. The minimum Gasteiger partial charge on any atom is -0.508 e. The number of carbonyl (C=O) groups excluding carboxylic acids is 1. The predicted molar refractivity (Wildman–Crippen MR) is 98.3 cm³/mol. The zero-order valence-corrected chi connectivity index (χ0v) is 15.4. The maximum Gasteiger partial charge on any atom is 0.242 e. The minimum absolute atomic E-state index is 0.0907. The molecule has 3 N–H and O–H groups in total. The van der Waals surface area contributed by atoms with Crippen molar-refractivity contribution in [2.45, 2.75) is 18.5 Å². The fourth-order valence-corrected chi connectivity index (χ4v) is 3.96. The Hall–Kier alpha value is -2.00. The van der Waals surface area contributed by atoms with Gasteiger partial charge in [-0.1, -0.05) is 23.7 Å². The Kier molecular flexibility index (Phi) is 5.57. The first-order valence-electron chi connectivity index (χ1n) is 7.81. The Morgan fingerprint density at radius 3 is 2.69 bits per heavy atom. The van der Waals surface area contributed by atoms with Gasteiger partial charge in [-0.25, -0.2) is 17.6 Å². The Labute approximate surface area is 157 Å². The molecule has 1 aliphatic heterocycles. The third kappa shape index (κ3) is 4.04. The van der Waals surface area contributed by atoms with E-state index < -0.39 is 23.0 Å². The molecule has 26 heavy (non-hydrogen) atoms. The van der Waals surface area contributed by atoms with Crippen LogP contribution in [0.5, 0.6) is 5.75 Å². The van der Waals surface area contributed by atoms with E-state index in [0.29, 0.717) is 12.1 Å². The van der Waals surface area contributed by atoms with Gasteiger partial charge in [0.2, 0.25) is 5.91 Å². The van der Waals surface area contributed by atoms with Crippen LogP contribution in [0.3, 0.4) is 0 Å². The molecule has 0 radical (unpaired) electrons. The van der Waals surface area contributed by atoms with Crippen molar-refractivity contribution in [1.82, 2.24) is 9.03 Å². The van der Waals surface area contributed by atoms with Crippen LogP contribution >= 0.6 is 11.6 Å². The second-order valence-electron chi connectivity index (χ2n) is 5.93. The molecule has 3 rings (SSSR count). The molecular weight excluding hydrogens is 381 g/mol. The molecule has 2 aromatic carbocycles. The van der Waals surface area contributed by atoms with Gasteiger partial charge in [0.1, 0.15) is 17.6 Å². The molecule has 138 valence electrons. The number of aromatic hydroxyl groups is 1. The van der Waals surface area contributed by atoms with Gasteiger partial charge < -0.3 is 10.4 Å². The van der Waals surface area contributed by atoms with E-state index in [4.69, 9.17) is 11.6 Å². The Morgan fingerprint density at radius 1 is 1.35 bits per heavy atom. The van der Waals surface area contributed by atoms with Crippen LogP contribution in [0, 0.1) is 5.82 Å². The number of benzene rings is 2. The number of amides is 1. The SMILES string of the molecule is CN1C(C(=O)Nc2ccc(F)c(Cl)c2)CC(c2ccc(O)cc2)NS1=O. The van der Waals surface area contributed by atoms with Gasteiger partial charge in [-0.15, -0.1) is 0 Å². The molecule has 0 aliphatic carbocycles. The Bertz CT molecular complexity index is 850. The third-order valence-electron chi connectivity index (χ3n) is 4.19. The number of nitrogens with one attached hydrogen (secondary N) is 2. The predicted octanol–water partition coefficient (Wildman–Crippen LogP) is 2.74. The summed E-state index contributed by atoms with van der Waals surface area (Å²) in [5, 5.41) is 12.0. The van der Waals surface area contributed by atoms with E-state index in [1.54, 1.807) is 19.2 Å². The van der Waals surface area contributed by atoms with Crippen LogP contribution < -0.4 is 10.0 Å². The number of halogens is 2. The van der Waals surface area contributed by atoms with Crippen molar-refractivity contribution >= 4 is 34.4 Å². The zero-order valence-electron chi connectivity index (χ0n) is 13.8. The fourth-order valence-electron chi connectivity index (χ4n) is 2.72. The summed E-state index contributed by atoms with van der Waals surface area (Å²) in [5.41, 5.74) is 1.17. The van der Waals surface area contributed by atoms with Gasteiger partial charge in [-0.3, -0.25) is 4.79 Å². The second kappa shape index (κ2) is 7.71. The van der Waals surface area contributed by atoms with E-state index in [0.717, 1.165) is 5.56 Å². The van der Waals surface area contributed by atoms with Crippen molar-refractivity contribution < 1.29 is 18.5 Å². The number of hydrogen-bond donors (Lipinski definition) is 3. The van der Waals surface area contributed by atoms with E-state index >= 15 is 0 Å². The number of carbonyl (C=O) groups is 1. The van der Waals surface area contributed by atoms with E-state index in [9.17, 15) is 18.5 Å². The molecule has 3 unspecified atom stereocenters. The van der Waals surface area contributed by atoms with Crippen LogP contribution in [0.15, 0.2) is 42.5 Å². The summed E-state index contributed by atoms with van der Waals surface area (Å²) in [6, 6.07) is 9.41. The van der Waals surface area contributed by atoms with Crippen LogP contribution in [0.2, 0.25) is 5.02 Å². The van der Waals surface area contributed by atoms with Gasteiger partial charge in [0.05, 0.1) is 5.02 Å². The lowest BCUT2D eigenvalue weighted by Gasteiger charge is -2.35. The highest BCUT2D eigenvalue weighted by molar-refractivity contribution is 7.80. The van der Waals surface area contributed by atoms with Crippen LogP contribution in [-0.4, -0.2) is 32.6 Å². The molecule has 0 saturated carbocycles. The monoisotopic (exact) mass is 397 g/mol. The number of anilines is 1. The van der Waals surface area contributed by atoms with Crippen molar-refractivity contribution in [1.29, 1.82) is 0 Å². The molecule has 6 nitrogen and oxygen atoms in total. The molecule has 1 aliphatic rings. The van der Waals surface area contributed by atoms with Gasteiger partial charge >= 0.3 is 0 Å². The fraction of sp³-hybridized carbons (Fsp3) is 0.235. The van der Waals surface area contributed by atoms with Crippen molar-refractivity contribution in [2.75, 3.05) is 12.4 Å². The van der Waals surface area contributed by atoms with Gasteiger partial charge in [0.25, 0.3) is 0 Å². The van der Waals surface area contributed by atoms with Crippen molar-refractivity contribution in [3.8, 4) is 5.75 Å². The highest BCUT2D eigenvalue weighted by Gasteiger charge is 2.36. The van der Waals surface area contributed by atoms with Crippen LogP contribution in [-0.2, 0) is 16.0 Å². The smallest absolute Gasteiger partial charge is 0.242 e. The Morgan fingerprint density at radius 2 is 2.04 bits per heavy atom. The molecule has 2 aromatic rings. The average molecular weight is 398 g/mol. The molecule has 0 spiro atoms. The lowest BCUT2D eigenvalue weighted by atomic mass is 9.99. The minimum atomic E-state index is -1.56. The maximum atomic E-state index is 13.3. The quantitative estimate of drug-likeness (QED) is 0.744. The first kappa shape index (κ1) is 18.8. The topological polar surface area (TPSA) is 81.7 Å². The van der Waals surface area contributed by atoms with Crippen molar-refractivity contribution in [3.05, 3.63) is 58.9 Å². The number of phenolic OH excluding ortho intramolecular Hbond substituents is 1. The van der Waals surface area contributed by atoms with E-state index in [-0.39, 0.29) is 22.7 Å². The summed E-state index contributed by atoms with van der Waals surface area (Å²) < 4.78 is 29.9. The van der Waals surface area contributed by atoms with E-state index in [1.807, 2.05) is 0 Å². The van der Waals surface area contributed by atoms with E-state index in [2.05, 4.69) is 10.0 Å². The van der Waals surface area contributed by atoms with Gasteiger partial charge in [-0.05, 0) is 42.3 Å². The number of nitrogens with zero attached hydrogens (tertiary/aromatic N) is 1. The number of hydrogen-bond acceptors (Lipinski definition) is 3. The maximum absolute atomic E-state index is 13.3. The summed E-state index contributed by atoms with van der Waals surface area (Å²) >= 11 is 4.17. The highest BCUT2D eigenvalue weighted by Crippen LogP contribution is 2.28. The summed E-state index contributed by atoms with van der Waals surface area (Å²) in [6.45, 7) is 0. The van der Waals surface area contributed by atoms with E-state index in [1.165, 1.54) is 34.6 Å². The molecule has 1 fully saturated rings. The van der Waals surface area contributed by atoms with Crippen LogP contribution in [0.25, 0.3) is 0 Å². The van der Waals surface area contributed by atoms with Gasteiger partial charge in [0, 0.05) is 18.8 Å². The summed E-state index contributed by atoms with van der Waals surface area (Å²) in [6.07, 6.45) is 0.369. The lowest BCUT2D eigenvalue weighted by molar-refractivity contribution is -0.120. The molecule has 3 atom stereocenters. The van der Waals surface area contributed by atoms with Crippen molar-refractivity contribution in [3.63, 3.8) is 0 Å². The van der Waals surface area contributed by atoms with Crippen molar-refractivity contribution in [2.24, 2.45) is 0 Å². The zero-order chi connectivity index (χ0) is 18.8. The summed E-state index contributed by atoms with van der Waals surface area (Å²) in [5.74, 6) is -0.809. The molecule has 9 heteroatoms. The number of rotatable bonds is 3. The molecular formula is C17H17ClFN3O3S. The lowest BCUT2D eigenvalue weighted by Crippen LogP contribution is -2.53. The number of phenols is 1. The molecule has 0 aromatic heterocycles. The largest absolute Gasteiger partial charge is 0.508 e. The summed E-state index contributed by atoms with van der Waals surface area (Å²) in [7, 11) is 1.58. The average Bonchev–Trinajstić information content (AvgIpc) is 2.61. The number of likely N-dealkylation sites (N-methyl/N-ethyl adjacent to an activating group) is 1. The molecule has 1 saturated heterocycles. The van der Waals surface area contributed by atoms with Crippen LogP contribution in [0.4, 0.5) is 10.1 Å². The first-order chi connectivity index (χ1) is 12.3. The standard InChI is InChI=1S/C17H17ClFN3O3S/c1-22-16(17(24)20-11-4-7-14(19)13(18)8-11)9-15(21-26(22)25)10-2-5-12(23)6-3-10/h2-8,15-16,21,23H,9H2,1H3,(H,20,24). The molecule has 0 bridgehead atoms. The highest BCUT2D eigenvalue weighted by atomic mass is 35.5. The van der Waals surface area contributed by atoms with Gasteiger partial charge in [0.15, 0.2) is 11.2 Å².